The van der Waals surface area contributed by atoms with Gasteiger partial charge in [-0.2, -0.15) is 0 Å². The molecule has 0 fully saturated rings. The van der Waals surface area contributed by atoms with E-state index in [1.807, 2.05) is 0 Å². The second kappa shape index (κ2) is 5.50. The summed E-state index contributed by atoms with van der Waals surface area (Å²) in [5.41, 5.74) is 0.724. The Bertz CT molecular complexity index is 317. The van der Waals surface area contributed by atoms with E-state index in [4.69, 9.17) is 0 Å². The maximum Gasteiger partial charge on any atom is 2.00 e. The third-order valence-electron chi connectivity index (χ3n) is 2.68. The molecule has 0 saturated heterocycles. The van der Waals surface area contributed by atoms with Crippen LogP contribution in [0.2, 0.25) is 12.1 Å². The van der Waals surface area contributed by atoms with Crippen molar-refractivity contribution in [1.82, 2.24) is 0 Å². The summed E-state index contributed by atoms with van der Waals surface area (Å²) >= 11 is 0. The van der Waals surface area contributed by atoms with Crippen molar-refractivity contribution >= 4 is 14.0 Å². The third-order valence-corrected chi connectivity index (χ3v) is 5.72. The van der Waals surface area contributed by atoms with Crippen molar-refractivity contribution in [2.45, 2.75) is 12.1 Å². The Morgan fingerprint density at radius 2 is 1.57 bits per heavy atom. The fraction of sp³-hybridized carbons (Fsp3) is 0.167. The fourth-order valence-electron chi connectivity index (χ4n) is 1.76. The average molecular weight is 234 g/mol. The van der Waals surface area contributed by atoms with Crippen LogP contribution in [-0.4, -0.2) is 8.80 Å². The van der Waals surface area contributed by atoms with E-state index in [0.717, 1.165) is 5.54 Å². The van der Waals surface area contributed by atoms with Crippen LogP contribution in [-0.2, 0) is 21.7 Å². The molecule has 0 spiro atoms. The first-order valence-electron chi connectivity index (χ1n) is 4.78. The second-order valence-electron chi connectivity index (χ2n) is 3.55. The summed E-state index contributed by atoms with van der Waals surface area (Å²) in [5, 5.41) is 1.56. The molecule has 0 nitrogen and oxygen atoms in total. The molecule has 1 atom stereocenters. The molecule has 1 aliphatic rings. The van der Waals surface area contributed by atoms with Gasteiger partial charge in [-0.25, -0.2) is 0 Å². The molecule has 0 amide bonds. The molecule has 68 valence electrons. The van der Waals surface area contributed by atoms with Crippen molar-refractivity contribution in [3.05, 3.63) is 54.6 Å². The van der Waals surface area contributed by atoms with E-state index >= 15 is 0 Å². The SMILES string of the molecule is C[SiH](c1ccccc1)C1C=CC=C1.[Ti+2]. The molecule has 0 N–H and O–H groups in total. The Morgan fingerprint density at radius 3 is 2.14 bits per heavy atom. The van der Waals surface area contributed by atoms with Gasteiger partial charge in [0, 0.05) is 0 Å². The third kappa shape index (κ3) is 2.57. The van der Waals surface area contributed by atoms with Crippen molar-refractivity contribution < 1.29 is 21.7 Å². The summed E-state index contributed by atoms with van der Waals surface area (Å²) in [5.74, 6) is 0. The molecular weight excluding hydrogens is 220 g/mol. The minimum absolute atomic E-state index is 0. The Hall–Kier alpha value is -0.369. The molecule has 2 rings (SSSR count). The van der Waals surface area contributed by atoms with Crippen LogP contribution in [0.15, 0.2) is 54.6 Å². The smallest absolute Gasteiger partial charge is 0.0803 e. The molecule has 2 heteroatoms. The molecular formula is C12H14SiTi+2. The largest absolute Gasteiger partial charge is 2.00 e. The molecule has 0 bridgehead atoms. The Labute approximate surface area is 102 Å². The molecule has 1 aliphatic carbocycles. The quantitative estimate of drug-likeness (QED) is 0.688. The van der Waals surface area contributed by atoms with Gasteiger partial charge < -0.3 is 0 Å². The molecule has 1 aromatic rings. The van der Waals surface area contributed by atoms with E-state index in [2.05, 4.69) is 61.2 Å². The molecule has 1 unspecified atom stereocenters. The molecule has 0 aliphatic heterocycles. The fourth-order valence-corrected chi connectivity index (χ4v) is 3.96. The van der Waals surface area contributed by atoms with Crippen LogP contribution in [0.4, 0.5) is 0 Å². The van der Waals surface area contributed by atoms with Gasteiger partial charge in [0.05, 0.1) is 8.80 Å². The topological polar surface area (TPSA) is 0 Å². The molecule has 0 saturated carbocycles. The van der Waals surface area contributed by atoms with Gasteiger partial charge in [-0.3, -0.25) is 0 Å². The van der Waals surface area contributed by atoms with Crippen LogP contribution in [0.3, 0.4) is 0 Å². The molecule has 14 heavy (non-hydrogen) atoms. The number of hydrogen-bond acceptors (Lipinski definition) is 0. The monoisotopic (exact) mass is 234 g/mol. The first-order chi connectivity index (χ1) is 6.38. The molecule has 1 aromatic carbocycles. The van der Waals surface area contributed by atoms with Crippen LogP contribution in [0.1, 0.15) is 0 Å². The van der Waals surface area contributed by atoms with Gasteiger partial charge >= 0.3 is 21.7 Å². The normalized spacial score (nSPS) is 16.6. The number of benzene rings is 1. The second-order valence-corrected chi connectivity index (χ2v) is 6.56. The van der Waals surface area contributed by atoms with Crippen LogP contribution < -0.4 is 5.19 Å². The van der Waals surface area contributed by atoms with Crippen molar-refractivity contribution in [2.75, 3.05) is 0 Å². The van der Waals surface area contributed by atoms with Crippen molar-refractivity contribution in [3.8, 4) is 0 Å². The van der Waals surface area contributed by atoms with Gasteiger partial charge in [0.2, 0.25) is 0 Å². The summed E-state index contributed by atoms with van der Waals surface area (Å²) in [6.45, 7) is 2.42. The summed E-state index contributed by atoms with van der Waals surface area (Å²) in [4.78, 5) is 0. The molecule has 0 heterocycles. The minimum Gasteiger partial charge on any atom is -0.0803 e. The van der Waals surface area contributed by atoms with Crippen LogP contribution >= 0.6 is 0 Å². The number of rotatable bonds is 2. The maximum atomic E-state index is 2.42. The van der Waals surface area contributed by atoms with Gasteiger partial charge in [0.25, 0.3) is 0 Å². The zero-order valence-electron chi connectivity index (χ0n) is 8.35. The van der Waals surface area contributed by atoms with Crippen molar-refractivity contribution in [2.24, 2.45) is 0 Å². The standard InChI is InChI=1S/C12H14Si.Ti/c1-13(12-9-5-6-10-12)11-7-3-2-4-8-11;/h2-10,12-13H,1H3;/q;+2. The number of allylic oxidation sites excluding steroid dienone is 4. The predicted octanol–water partition coefficient (Wildman–Crippen LogP) is 2.24. The summed E-state index contributed by atoms with van der Waals surface area (Å²) < 4.78 is 0. The Balaban J connectivity index is 0.000000980. The van der Waals surface area contributed by atoms with Gasteiger partial charge in [0.1, 0.15) is 0 Å². The molecule has 0 aromatic heterocycles. The van der Waals surface area contributed by atoms with E-state index < -0.39 is 8.80 Å². The van der Waals surface area contributed by atoms with Crippen LogP contribution in [0.5, 0.6) is 0 Å². The zero-order valence-corrected chi connectivity index (χ0v) is 11.1. The molecule has 0 radical (unpaired) electrons. The first-order valence-corrected chi connectivity index (χ1v) is 7.18. The van der Waals surface area contributed by atoms with Gasteiger partial charge in [-0.15, -0.1) is 0 Å². The van der Waals surface area contributed by atoms with Gasteiger partial charge in [0.15, 0.2) is 0 Å². The van der Waals surface area contributed by atoms with Gasteiger partial charge in [-0.1, -0.05) is 66.4 Å². The van der Waals surface area contributed by atoms with Crippen molar-refractivity contribution in [1.29, 1.82) is 0 Å². The van der Waals surface area contributed by atoms with E-state index in [-0.39, 0.29) is 21.7 Å². The van der Waals surface area contributed by atoms with Gasteiger partial charge in [-0.05, 0) is 5.54 Å². The van der Waals surface area contributed by atoms with Crippen LogP contribution in [0.25, 0.3) is 0 Å². The Kier molecular flexibility index (Phi) is 4.60. The van der Waals surface area contributed by atoms with Crippen molar-refractivity contribution in [3.63, 3.8) is 0 Å². The summed E-state index contributed by atoms with van der Waals surface area (Å²) in [7, 11) is -0.787. The Morgan fingerprint density at radius 1 is 1.00 bits per heavy atom. The maximum absolute atomic E-state index is 2.42. The summed E-state index contributed by atoms with van der Waals surface area (Å²) in [6, 6.07) is 10.9. The first kappa shape index (κ1) is 11.7. The number of hydrogen-bond donors (Lipinski definition) is 0. The van der Waals surface area contributed by atoms with E-state index in [0.29, 0.717) is 0 Å². The zero-order chi connectivity index (χ0) is 9.10. The van der Waals surface area contributed by atoms with E-state index in [1.165, 1.54) is 0 Å². The minimum atomic E-state index is -0.787. The summed E-state index contributed by atoms with van der Waals surface area (Å²) in [6.07, 6.45) is 8.97. The predicted molar refractivity (Wildman–Crippen MR) is 61.1 cm³/mol. The van der Waals surface area contributed by atoms with Crippen LogP contribution in [0, 0.1) is 0 Å². The van der Waals surface area contributed by atoms with E-state index in [9.17, 15) is 0 Å². The average Bonchev–Trinajstić information content (AvgIpc) is 2.71. The van der Waals surface area contributed by atoms with E-state index in [1.54, 1.807) is 5.19 Å².